The molecule has 0 amide bonds. The third-order valence-corrected chi connectivity index (χ3v) is 3.13. The van der Waals surface area contributed by atoms with Crippen LogP contribution in [-0.2, 0) is 4.74 Å². The van der Waals surface area contributed by atoms with E-state index in [1.807, 2.05) is 0 Å². The summed E-state index contributed by atoms with van der Waals surface area (Å²) in [6.45, 7) is 13.0. The molecule has 15 heavy (non-hydrogen) atoms. The van der Waals surface area contributed by atoms with E-state index in [1.54, 1.807) is 0 Å². The largest absolute Gasteiger partial charge is 0.371 e. The Hall–Kier alpha value is 0.217. The molecule has 1 atom stereocenters. The van der Waals surface area contributed by atoms with Crippen LogP contribution in [0.5, 0.6) is 0 Å². The van der Waals surface area contributed by atoms with Crippen molar-refractivity contribution in [2.24, 2.45) is 0 Å². The van der Waals surface area contributed by atoms with Gasteiger partial charge in [-0.25, -0.2) is 0 Å². The molecule has 1 nitrogen and oxygen atoms in total. The molecular weight excluding hydrogens is 268 g/mol. The summed E-state index contributed by atoms with van der Waals surface area (Å²) in [5.74, 6) is 3.26. The van der Waals surface area contributed by atoms with Crippen molar-refractivity contribution in [3.8, 4) is 11.5 Å². The fraction of sp³-hybridized carbons (Fsp3) is 0.833. The molecule has 0 fully saturated rings. The van der Waals surface area contributed by atoms with Crippen LogP contribution in [0.2, 0.25) is 19.6 Å². The number of halogens is 1. The van der Waals surface area contributed by atoms with Crippen LogP contribution in [0, 0.1) is 11.5 Å². The minimum absolute atomic E-state index is 0.0840. The van der Waals surface area contributed by atoms with Crippen LogP contribution in [-0.4, -0.2) is 25.1 Å². The van der Waals surface area contributed by atoms with Crippen molar-refractivity contribution in [2.75, 3.05) is 5.33 Å². The number of ether oxygens (including phenoxy) is 1. The lowest BCUT2D eigenvalue weighted by atomic mass is 10.1. The van der Waals surface area contributed by atoms with Crippen LogP contribution in [0.3, 0.4) is 0 Å². The van der Waals surface area contributed by atoms with Crippen LogP contribution in [0.1, 0.15) is 27.2 Å². The summed E-state index contributed by atoms with van der Waals surface area (Å²) >= 11 is 3.47. The van der Waals surface area contributed by atoms with E-state index in [4.69, 9.17) is 4.74 Å². The summed E-state index contributed by atoms with van der Waals surface area (Å²) in [4.78, 5) is 0. The van der Waals surface area contributed by atoms with Gasteiger partial charge < -0.3 is 4.74 Å². The summed E-state index contributed by atoms with van der Waals surface area (Å²) < 4.78 is 5.87. The van der Waals surface area contributed by atoms with Gasteiger partial charge in [0.25, 0.3) is 0 Å². The SMILES string of the molecule is CC(C)(C)OC(CBr)CC#C[Si](C)(C)C. The molecule has 0 bridgehead atoms. The molecule has 0 heterocycles. The van der Waals surface area contributed by atoms with Gasteiger partial charge in [-0.15, -0.1) is 11.5 Å². The van der Waals surface area contributed by atoms with Gasteiger partial charge in [0, 0.05) is 11.8 Å². The Morgan fingerprint density at radius 1 is 1.27 bits per heavy atom. The molecule has 3 heteroatoms. The maximum Gasteiger partial charge on any atom is 0.129 e. The minimum Gasteiger partial charge on any atom is -0.371 e. The number of rotatable bonds is 3. The molecule has 88 valence electrons. The highest BCUT2D eigenvalue weighted by Crippen LogP contribution is 2.14. The number of alkyl halides is 1. The van der Waals surface area contributed by atoms with E-state index >= 15 is 0 Å². The van der Waals surface area contributed by atoms with Crippen molar-refractivity contribution >= 4 is 24.0 Å². The molecule has 0 aliphatic carbocycles. The van der Waals surface area contributed by atoms with Gasteiger partial charge in [-0.1, -0.05) is 35.6 Å². The molecular formula is C12H23BrOSi. The smallest absolute Gasteiger partial charge is 0.129 e. The number of hydrogen-bond donors (Lipinski definition) is 0. The molecule has 0 N–H and O–H groups in total. The van der Waals surface area contributed by atoms with E-state index in [2.05, 4.69) is 67.8 Å². The zero-order valence-electron chi connectivity index (χ0n) is 10.8. The Morgan fingerprint density at radius 2 is 1.80 bits per heavy atom. The molecule has 0 aromatic rings. The van der Waals surface area contributed by atoms with Crippen molar-refractivity contribution in [2.45, 2.75) is 58.5 Å². The third-order valence-electron chi connectivity index (χ3n) is 1.49. The van der Waals surface area contributed by atoms with E-state index in [-0.39, 0.29) is 11.7 Å². The highest BCUT2D eigenvalue weighted by Gasteiger charge is 2.17. The predicted molar refractivity (Wildman–Crippen MR) is 74.2 cm³/mol. The summed E-state index contributed by atoms with van der Waals surface area (Å²) in [5.41, 5.74) is 3.28. The standard InChI is InChI=1S/C12H23BrOSi/c1-12(2,3)14-11(10-13)8-7-9-15(4,5)6/h11H,8,10H2,1-6H3. The maximum absolute atomic E-state index is 5.87. The molecule has 1 unspecified atom stereocenters. The van der Waals surface area contributed by atoms with Gasteiger partial charge in [0.2, 0.25) is 0 Å². The van der Waals surface area contributed by atoms with Crippen molar-refractivity contribution in [1.29, 1.82) is 0 Å². The zero-order chi connectivity index (χ0) is 12.1. The van der Waals surface area contributed by atoms with Gasteiger partial charge in [0.1, 0.15) is 8.07 Å². The molecule has 0 aliphatic heterocycles. The van der Waals surface area contributed by atoms with E-state index in [9.17, 15) is 0 Å². The van der Waals surface area contributed by atoms with E-state index in [0.717, 1.165) is 11.8 Å². The molecule has 0 aliphatic rings. The molecule has 0 radical (unpaired) electrons. The Bertz CT molecular complexity index is 239. The average Bonchev–Trinajstić information content (AvgIpc) is 1.97. The summed E-state index contributed by atoms with van der Waals surface area (Å²) in [5, 5.41) is 0.852. The van der Waals surface area contributed by atoms with Gasteiger partial charge in [-0.2, -0.15) is 0 Å². The van der Waals surface area contributed by atoms with Crippen LogP contribution in [0.15, 0.2) is 0 Å². The fourth-order valence-electron chi connectivity index (χ4n) is 1.06. The van der Waals surface area contributed by atoms with Crippen molar-refractivity contribution in [3.05, 3.63) is 0 Å². The van der Waals surface area contributed by atoms with E-state index < -0.39 is 8.07 Å². The Morgan fingerprint density at radius 3 is 2.13 bits per heavy atom. The first-order chi connectivity index (χ1) is 6.64. The van der Waals surface area contributed by atoms with E-state index in [1.165, 1.54) is 0 Å². The maximum atomic E-state index is 5.87. The van der Waals surface area contributed by atoms with Crippen LogP contribution in [0.4, 0.5) is 0 Å². The van der Waals surface area contributed by atoms with Gasteiger partial charge in [0.15, 0.2) is 0 Å². The van der Waals surface area contributed by atoms with Gasteiger partial charge in [0.05, 0.1) is 11.7 Å². The van der Waals surface area contributed by atoms with Gasteiger partial charge in [-0.3, -0.25) is 0 Å². The van der Waals surface area contributed by atoms with Crippen molar-refractivity contribution in [3.63, 3.8) is 0 Å². The topological polar surface area (TPSA) is 9.23 Å². The van der Waals surface area contributed by atoms with Crippen LogP contribution < -0.4 is 0 Å². The van der Waals surface area contributed by atoms with Gasteiger partial charge >= 0.3 is 0 Å². The van der Waals surface area contributed by atoms with Crippen molar-refractivity contribution < 1.29 is 4.74 Å². The quantitative estimate of drug-likeness (QED) is 0.436. The third kappa shape index (κ3) is 10.5. The second-order valence-electron chi connectivity index (χ2n) is 5.76. The zero-order valence-corrected chi connectivity index (χ0v) is 13.4. The highest BCUT2D eigenvalue weighted by atomic mass is 79.9. The fourth-order valence-corrected chi connectivity index (χ4v) is 2.05. The Balaban J connectivity index is 4.17. The molecule has 0 aromatic heterocycles. The summed E-state index contributed by atoms with van der Waals surface area (Å²) in [6.07, 6.45) is 1.03. The lowest BCUT2D eigenvalue weighted by Gasteiger charge is -2.25. The number of hydrogen-bond acceptors (Lipinski definition) is 1. The molecule has 0 aromatic carbocycles. The summed E-state index contributed by atoms with van der Waals surface area (Å²) in [6, 6.07) is 0. The van der Waals surface area contributed by atoms with Crippen LogP contribution >= 0.6 is 15.9 Å². The lowest BCUT2D eigenvalue weighted by Crippen LogP contribution is -2.28. The molecule has 0 saturated heterocycles. The van der Waals surface area contributed by atoms with E-state index in [0.29, 0.717) is 0 Å². The monoisotopic (exact) mass is 290 g/mol. The summed E-state index contributed by atoms with van der Waals surface area (Å²) in [7, 11) is -1.23. The molecule has 0 spiro atoms. The first kappa shape index (κ1) is 15.2. The predicted octanol–water partition coefficient (Wildman–Crippen LogP) is 3.84. The average molecular weight is 291 g/mol. The van der Waals surface area contributed by atoms with Gasteiger partial charge in [-0.05, 0) is 20.8 Å². The molecule has 0 rings (SSSR count). The Labute approximate surface area is 104 Å². The first-order valence-electron chi connectivity index (χ1n) is 5.38. The first-order valence-corrected chi connectivity index (χ1v) is 10.00. The van der Waals surface area contributed by atoms with Crippen LogP contribution in [0.25, 0.3) is 0 Å². The lowest BCUT2D eigenvalue weighted by molar-refractivity contribution is -0.0457. The molecule has 0 saturated carbocycles. The second kappa shape index (κ2) is 6.08. The highest BCUT2D eigenvalue weighted by molar-refractivity contribution is 9.09. The van der Waals surface area contributed by atoms with Crippen molar-refractivity contribution in [1.82, 2.24) is 0 Å². The second-order valence-corrected chi connectivity index (χ2v) is 11.2. The Kier molecular flexibility index (Phi) is 6.16. The minimum atomic E-state index is -1.23. The normalized spacial score (nSPS) is 14.3.